The van der Waals surface area contributed by atoms with E-state index in [-0.39, 0.29) is 0 Å². The second-order valence-electron chi connectivity index (χ2n) is 1.65. The third-order valence-corrected chi connectivity index (χ3v) is 2.05. The van der Waals surface area contributed by atoms with Gasteiger partial charge < -0.3 is 0 Å². The van der Waals surface area contributed by atoms with Gasteiger partial charge in [-0.1, -0.05) is 0 Å². The zero-order chi connectivity index (χ0) is 6.85. The summed E-state index contributed by atoms with van der Waals surface area (Å²) in [6.45, 7) is 1.93. The Hall–Kier alpha value is -0.0716. The van der Waals surface area contributed by atoms with Crippen LogP contribution in [0.3, 0.4) is 0 Å². The fourth-order valence-corrected chi connectivity index (χ4v) is 0.994. The Balaban J connectivity index is 3.17. The summed E-state index contributed by atoms with van der Waals surface area (Å²) in [5.74, 6) is 0. The minimum absolute atomic E-state index is 0.302. The van der Waals surface area contributed by atoms with Gasteiger partial charge in [0.25, 0.3) is 0 Å². The monoisotopic (exact) mass is 202 g/mol. The first kappa shape index (κ1) is 7.04. The summed E-state index contributed by atoms with van der Waals surface area (Å²) in [7, 11) is 0. The quantitative estimate of drug-likeness (QED) is 0.445. The van der Waals surface area contributed by atoms with Crippen LogP contribution in [0.25, 0.3) is 0 Å². The van der Waals surface area contributed by atoms with Gasteiger partial charge in [-0.05, 0) is 0 Å². The number of hydrogen-bond donors (Lipinski definition) is 0. The number of aromatic nitrogens is 2. The van der Waals surface area contributed by atoms with Crippen LogP contribution >= 0.6 is 11.6 Å². The van der Waals surface area contributed by atoms with Crippen molar-refractivity contribution in [2.75, 3.05) is 0 Å². The number of aryl methyl sites for hydroxylation is 1. The van der Waals surface area contributed by atoms with Crippen molar-refractivity contribution in [2.24, 2.45) is 0 Å². The van der Waals surface area contributed by atoms with Gasteiger partial charge in [0.1, 0.15) is 0 Å². The molecular weight excluding hydrogens is 198 g/mol. The maximum atomic E-state index is 5.48. The topological polar surface area (TPSA) is 25.8 Å². The maximum absolute atomic E-state index is 5.48. The molecule has 4 heteroatoms. The first-order valence-electron chi connectivity index (χ1n) is 2.38. The van der Waals surface area contributed by atoms with Crippen LogP contribution in [0.4, 0.5) is 0 Å². The molecule has 9 heavy (non-hydrogen) atoms. The molecule has 0 N–H and O–H groups in total. The Bertz CT molecular complexity index is 226. The summed E-state index contributed by atoms with van der Waals surface area (Å²) in [4.78, 5) is 7.68. The Kier molecular flexibility index (Phi) is 2.09. The molecule has 0 aliphatic carbocycles. The van der Waals surface area contributed by atoms with Gasteiger partial charge >= 0.3 is 66.9 Å². The van der Waals surface area contributed by atoms with Crippen LogP contribution in [-0.2, 0) is 0 Å². The van der Waals surface area contributed by atoms with Crippen molar-refractivity contribution in [3.8, 4) is 0 Å². The molecule has 1 rings (SSSR count). The Labute approximate surface area is 67.2 Å². The van der Waals surface area contributed by atoms with E-state index in [0.29, 0.717) is 5.28 Å². The molecule has 0 aromatic carbocycles. The van der Waals surface area contributed by atoms with Crippen LogP contribution < -0.4 is 4.48 Å². The van der Waals surface area contributed by atoms with Crippen molar-refractivity contribution in [2.45, 2.75) is 6.92 Å². The summed E-state index contributed by atoms with van der Waals surface area (Å²) in [5, 5.41) is 0.302. The van der Waals surface area contributed by atoms with Crippen LogP contribution in [0.5, 0.6) is 0 Å². The molecule has 2 nitrogen and oxygen atoms in total. The van der Waals surface area contributed by atoms with E-state index in [0.717, 1.165) is 10.0 Å². The van der Waals surface area contributed by atoms with Gasteiger partial charge in [-0.3, -0.25) is 0 Å². The molecule has 0 saturated carbocycles. The Morgan fingerprint density at radius 3 is 2.78 bits per heavy atom. The van der Waals surface area contributed by atoms with Crippen molar-refractivity contribution in [1.82, 2.24) is 9.97 Å². The van der Waals surface area contributed by atoms with Crippen LogP contribution in [0, 0.1) is 6.92 Å². The number of nitrogens with zero attached hydrogens (tertiary/aromatic N) is 2. The molecule has 1 aromatic heterocycles. The molecule has 1 aromatic rings. The number of halogens is 1. The second-order valence-corrected chi connectivity index (χ2v) is 2.87. The molecule has 46 valence electrons. The summed E-state index contributed by atoms with van der Waals surface area (Å²) in [6.07, 6.45) is 1.70. The van der Waals surface area contributed by atoms with Gasteiger partial charge in [0.05, 0.1) is 0 Å². The molecule has 0 saturated heterocycles. The van der Waals surface area contributed by atoms with E-state index in [1.807, 2.05) is 6.92 Å². The van der Waals surface area contributed by atoms with Gasteiger partial charge in [0.2, 0.25) is 0 Å². The fourth-order valence-electron chi connectivity index (χ4n) is 0.412. The van der Waals surface area contributed by atoms with E-state index in [1.165, 1.54) is 0 Å². The van der Waals surface area contributed by atoms with E-state index in [4.69, 9.17) is 11.6 Å². The molecule has 0 spiro atoms. The predicted molar refractivity (Wildman–Crippen MR) is 37.2 cm³/mol. The summed E-state index contributed by atoms with van der Waals surface area (Å²) in [5.41, 5.74) is 1.04. The van der Waals surface area contributed by atoms with Gasteiger partial charge in [0, 0.05) is 0 Å². The van der Waals surface area contributed by atoms with E-state index < -0.39 is 0 Å². The van der Waals surface area contributed by atoms with Gasteiger partial charge in [-0.25, -0.2) is 0 Å². The Morgan fingerprint density at radius 2 is 2.33 bits per heavy atom. The molecule has 0 amide bonds. The molecular formula is C5H4AsClN2. The van der Waals surface area contributed by atoms with Crippen LogP contribution in [0.2, 0.25) is 5.28 Å². The molecule has 0 aliphatic rings. The van der Waals surface area contributed by atoms with Crippen LogP contribution in [0.15, 0.2) is 6.20 Å². The number of hydrogen-bond acceptors (Lipinski definition) is 2. The normalized spacial score (nSPS) is 9.67. The van der Waals surface area contributed by atoms with Crippen LogP contribution in [0.1, 0.15) is 5.56 Å². The zero-order valence-corrected chi connectivity index (χ0v) is 7.43. The van der Waals surface area contributed by atoms with Gasteiger partial charge in [0.15, 0.2) is 0 Å². The molecule has 0 atom stereocenters. The second kappa shape index (κ2) is 2.67. The van der Waals surface area contributed by atoms with E-state index in [2.05, 4.69) is 26.8 Å². The van der Waals surface area contributed by atoms with E-state index in [9.17, 15) is 0 Å². The minimum atomic E-state index is 0.302. The van der Waals surface area contributed by atoms with Crippen molar-refractivity contribution >= 4 is 32.9 Å². The molecule has 0 unspecified atom stereocenters. The Morgan fingerprint density at radius 1 is 1.67 bits per heavy atom. The van der Waals surface area contributed by atoms with E-state index in [1.54, 1.807) is 6.20 Å². The zero-order valence-electron chi connectivity index (χ0n) is 4.80. The fraction of sp³-hybridized carbons (Fsp3) is 0.200. The first-order chi connectivity index (χ1) is 4.20. The first-order valence-corrected chi connectivity index (χ1v) is 3.70. The van der Waals surface area contributed by atoms with Gasteiger partial charge in [-0.15, -0.1) is 0 Å². The van der Waals surface area contributed by atoms with Crippen molar-refractivity contribution < 1.29 is 0 Å². The summed E-state index contributed by atoms with van der Waals surface area (Å²) in [6, 6.07) is 0. The van der Waals surface area contributed by atoms with E-state index >= 15 is 0 Å². The molecule has 0 fully saturated rings. The SMILES string of the molecule is Cc1cnc(Cl)nc1[As]. The molecule has 0 aliphatic heterocycles. The third kappa shape index (κ3) is 1.67. The predicted octanol–water partition coefficient (Wildman–Crippen LogP) is 0.232. The van der Waals surface area contributed by atoms with Gasteiger partial charge in [-0.2, -0.15) is 0 Å². The molecule has 0 bridgehead atoms. The van der Waals surface area contributed by atoms with Crippen molar-refractivity contribution in [3.63, 3.8) is 0 Å². The third-order valence-electron chi connectivity index (χ3n) is 0.916. The summed E-state index contributed by atoms with van der Waals surface area (Å²) < 4.78 is 0.877. The number of rotatable bonds is 0. The standard InChI is InChI=1S/C5H4AsClN2/c1-3-2-8-5(7)9-4(3)6/h2H,1H3. The average molecular weight is 202 g/mol. The summed E-state index contributed by atoms with van der Waals surface area (Å²) >= 11 is 7.83. The van der Waals surface area contributed by atoms with Crippen LogP contribution in [-0.4, -0.2) is 26.8 Å². The molecule has 2 radical (unpaired) electrons. The average Bonchev–Trinajstić information content (AvgIpc) is 1.80. The van der Waals surface area contributed by atoms with Crippen molar-refractivity contribution in [1.29, 1.82) is 0 Å². The van der Waals surface area contributed by atoms with Crippen molar-refractivity contribution in [3.05, 3.63) is 17.0 Å². The molecule has 1 heterocycles.